The molecule has 0 radical (unpaired) electrons. The van der Waals surface area contributed by atoms with Gasteiger partial charge in [0.1, 0.15) is 5.60 Å². The van der Waals surface area contributed by atoms with E-state index in [0.717, 1.165) is 44.8 Å². The molecule has 116 valence electrons. The Morgan fingerprint density at radius 3 is 2.71 bits per heavy atom. The molecule has 3 rings (SSSR count). The lowest BCUT2D eigenvalue weighted by molar-refractivity contribution is -0.0949. The van der Waals surface area contributed by atoms with Crippen LogP contribution in [0.5, 0.6) is 0 Å². The zero-order chi connectivity index (χ0) is 14.9. The Hall–Kier alpha value is -1.00. The number of ether oxygens (including phenoxy) is 1. The van der Waals surface area contributed by atoms with Crippen LogP contribution in [0.4, 0.5) is 0 Å². The van der Waals surface area contributed by atoms with Crippen molar-refractivity contribution in [3.05, 3.63) is 23.3 Å². The minimum Gasteiger partial charge on any atom is -0.367 e. The van der Waals surface area contributed by atoms with E-state index >= 15 is 0 Å². The minimum atomic E-state index is -0.260. The predicted octanol–water partition coefficient (Wildman–Crippen LogP) is 2.95. The fourth-order valence-corrected chi connectivity index (χ4v) is 3.49. The van der Waals surface area contributed by atoms with Gasteiger partial charge in [-0.3, -0.25) is 0 Å². The van der Waals surface area contributed by atoms with Crippen LogP contribution in [0, 0.1) is 5.41 Å². The van der Waals surface area contributed by atoms with E-state index in [1.807, 2.05) is 6.20 Å². The maximum Gasteiger partial charge on any atom is 0.160 e. The number of hydrogen-bond donors (Lipinski definition) is 1. The first kappa shape index (κ1) is 14.9. The van der Waals surface area contributed by atoms with Crippen molar-refractivity contribution in [1.29, 1.82) is 0 Å². The van der Waals surface area contributed by atoms with E-state index in [-0.39, 0.29) is 5.60 Å². The van der Waals surface area contributed by atoms with Gasteiger partial charge in [-0.05, 0) is 38.0 Å². The van der Waals surface area contributed by atoms with Crippen molar-refractivity contribution in [3.8, 4) is 0 Å². The maximum atomic E-state index is 6.20. The smallest absolute Gasteiger partial charge is 0.160 e. The van der Waals surface area contributed by atoms with Crippen molar-refractivity contribution in [2.45, 2.75) is 65.0 Å². The summed E-state index contributed by atoms with van der Waals surface area (Å²) >= 11 is 0. The second-order valence-corrected chi connectivity index (χ2v) is 7.18. The maximum absolute atomic E-state index is 6.20. The summed E-state index contributed by atoms with van der Waals surface area (Å²) in [6.07, 6.45) is 7.42. The summed E-state index contributed by atoms with van der Waals surface area (Å²) in [6, 6.07) is 0. The minimum absolute atomic E-state index is 0.260. The molecule has 1 fully saturated rings. The molecular formula is C17H27N3O. The predicted molar refractivity (Wildman–Crippen MR) is 83.0 cm³/mol. The summed E-state index contributed by atoms with van der Waals surface area (Å²) in [4.78, 5) is 9.58. The Balaban J connectivity index is 1.90. The summed E-state index contributed by atoms with van der Waals surface area (Å²) in [5, 5.41) is 3.37. The van der Waals surface area contributed by atoms with E-state index in [2.05, 4.69) is 31.1 Å². The Labute approximate surface area is 127 Å². The molecule has 1 aliphatic heterocycles. The summed E-state index contributed by atoms with van der Waals surface area (Å²) in [7, 11) is 0. The molecule has 0 aromatic carbocycles. The number of aromatic nitrogens is 2. The van der Waals surface area contributed by atoms with Gasteiger partial charge in [-0.2, -0.15) is 0 Å². The molecule has 2 heterocycles. The molecule has 0 spiro atoms. The second-order valence-electron chi connectivity index (χ2n) is 7.18. The normalized spacial score (nSPS) is 23.6. The van der Waals surface area contributed by atoms with Crippen LogP contribution in [-0.2, 0) is 23.3 Å². The van der Waals surface area contributed by atoms with E-state index < -0.39 is 0 Å². The van der Waals surface area contributed by atoms with Gasteiger partial charge in [0.25, 0.3) is 0 Å². The average molecular weight is 289 g/mol. The molecule has 1 aliphatic carbocycles. The van der Waals surface area contributed by atoms with Crippen molar-refractivity contribution in [3.63, 3.8) is 0 Å². The van der Waals surface area contributed by atoms with Crippen molar-refractivity contribution < 1.29 is 4.74 Å². The highest BCUT2D eigenvalue weighted by molar-refractivity contribution is 5.22. The van der Waals surface area contributed by atoms with Crippen LogP contribution in [0.3, 0.4) is 0 Å². The zero-order valence-corrected chi connectivity index (χ0v) is 13.5. The van der Waals surface area contributed by atoms with Gasteiger partial charge in [0, 0.05) is 43.6 Å². The first-order valence-electron chi connectivity index (χ1n) is 8.25. The molecule has 4 nitrogen and oxygen atoms in total. The van der Waals surface area contributed by atoms with Crippen LogP contribution in [-0.4, -0.2) is 23.1 Å². The topological polar surface area (TPSA) is 47.0 Å². The van der Waals surface area contributed by atoms with Gasteiger partial charge in [-0.25, -0.2) is 9.97 Å². The van der Waals surface area contributed by atoms with Gasteiger partial charge in [0.05, 0.1) is 0 Å². The molecule has 0 unspecified atom stereocenters. The average Bonchev–Trinajstić information content (AvgIpc) is 2.49. The number of nitrogens with zero attached hydrogens (tertiary/aromatic N) is 2. The number of fused-ring (bicyclic) bond motifs is 1. The lowest BCUT2D eigenvalue weighted by Crippen LogP contribution is -2.39. The van der Waals surface area contributed by atoms with Crippen LogP contribution in [0.25, 0.3) is 0 Å². The third-order valence-corrected chi connectivity index (χ3v) is 5.05. The summed E-state index contributed by atoms with van der Waals surface area (Å²) in [5.41, 5.74) is 2.61. The molecule has 0 saturated heterocycles. The highest BCUT2D eigenvalue weighted by Crippen LogP contribution is 2.46. The molecular weight excluding hydrogens is 262 g/mol. The molecule has 1 N–H and O–H groups in total. The van der Waals surface area contributed by atoms with Gasteiger partial charge in [0.2, 0.25) is 0 Å². The molecule has 21 heavy (non-hydrogen) atoms. The largest absolute Gasteiger partial charge is 0.367 e. The van der Waals surface area contributed by atoms with E-state index in [1.165, 1.54) is 24.1 Å². The monoisotopic (exact) mass is 289 g/mol. The fourth-order valence-electron chi connectivity index (χ4n) is 3.49. The molecule has 1 aromatic rings. The summed E-state index contributed by atoms with van der Waals surface area (Å²) < 4.78 is 6.20. The van der Waals surface area contributed by atoms with Crippen molar-refractivity contribution in [1.82, 2.24) is 15.3 Å². The molecule has 0 atom stereocenters. The third-order valence-electron chi connectivity index (χ3n) is 5.05. The summed E-state index contributed by atoms with van der Waals surface area (Å²) in [6.45, 7) is 9.40. The van der Waals surface area contributed by atoms with E-state index in [4.69, 9.17) is 9.72 Å². The lowest BCUT2D eigenvalue weighted by atomic mass is 9.70. The first-order chi connectivity index (χ1) is 10.0. The van der Waals surface area contributed by atoms with Gasteiger partial charge in [-0.1, -0.05) is 13.8 Å². The number of nitrogens with one attached hydrogen (secondary N) is 1. The Morgan fingerprint density at radius 1 is 1.24 bits per heavy atom. The van der Waals surface area contributed by atoms with E-state index in [9.17, 15) is 0 Å². The van der Waals surface area contributed by atoms with E-state index in [1.54, 1.807) is 0 Å². The van der Waals surface area contributed by atoms with Gasteiger partial charge >= 0.3 is 0 Å². The number of hydrogen-bond acceptors (Lipinski definition) is 4. The van der Waals surface area contributed by atoms with Crippen molar-refractivity contribution >= 4 is 0 Å². The lowest BCUT2D eigenvalue weighted by Gasteiger charge is -2.42. The molecule has 0 bridgehead atoms. The van der Waals surface area contributed by atoms with Crippen molar-refractivity contribution in [2.75, 3.05) is 13.2 Å². The molecule has 1 aromatic heterocycles. The highest BCUT2D eigenvalue weighted by Gasteiger charge is 2.42. The van der Waals surface area contributed by atoms with Crippen LogP contribution >= 0.6 is 0 Å². The second kappa shape index (κ2) is 5.65. The van der Waals surface area contributed by atoms with Crippen LogP contribution in [0.15, 0.2) is 6.20 Å². The Bertz CT molecular complexity index is 503. The third kappa shape index (κ3) is 2.97. The zero-order valence-electron chi connectivity index (χ0n) is 13.5. The van der Waals surface area contributed by atoms with Crippen LogP contribution in [0.2, 0.25) is 0 Å². The van der Waals surface area contributed by atoms with Crippen LogP contribution < -0.4 is 5.32 Å². The Morgan fingerprint density at radius 2 is 2.00 bits per heavy atom. The van der Waals surface area contributed by atoms with Crippen LogP contribution in [0.1, 0.15) is 63.5 Å². The van der Waals surface area contributed by atoms with Gasteiger partial charge in [0.15, 0.2) is 5.82 Å². The molecule has 1 saturated carbocycles. The quantitative estimate of drug-likeness (QED) is 0.929. The molecule has 2 aliphatic rings. The van der Waals surface area contributed by atoms with Crippen molar-refractivity contribution in [2.24, 2.45) is 5.41 Å². The molecule has 4 heteroatoms. The fraction of sp³-hybridized carbons (Fsp3) is 0.765. The Kier molecular flexibility index (Phi) is 4.02. The van der Waals surface area contributed by atoms with Gasteiger partial charge in [-0.15, -0.1) is 0 Å². The standard InChI is InChI=1S/C17H27N3O/c1-4-21-17(8-6-16(2,3)7-9-17)15-19-12-13-11-18-10-5-14(13)20-15/h12,18H,4-11H2,1-3H3. The highest BCUT2D eigenvalue weighted by atomic mass is 16.5. The molecule has 0 amide bonds. The SMILES string of the molecule is CCOC1(c2ncc3c(n2)CCNC3)CCC(C)(C)CC1. The van der Waals surface area contributed by atoms with Gasteiger partial charge < -0.3 is 10.1 Å². The summed E-state index contributed by atoms with van der Waals surface area (Å²) in [5.74, 6) is 0.917. The number of rotatable bonds is 3. The van der Waals surface area contributed by atoms with E-state index in [0.29, 0.717) is 5.41 Å². The first-order valence-corrected chi connectivity index (χ1v) is 8.25.